The Morgan fingerprint density at radius 2 is 1.59 bits per heavy atom. The van der Waals surface area contributed by atoms with Gasteiger partial charge in [0.15, 0.2) is 23.5 Å². The van der Waals surface area contributed by atoms with E-state index in [4.69, 9.17) is 25.8 Å². The van der Waals surface area contributed by atoms with Crippen LogP contribution in [0.3, 0.4) is 0 Å². The number of rotatable bonds is 22. The van der Waals surface area contributed by atoms with E-state index in [2.05, 4.69) is 42.1 Å². The van der Waals surface area contributed by atoms with Gasteiger partial charge < -0.3 is 41.6 Å². The van der Waals surface area contributed by atoms with Crippen molar-refractivity contribution in [2.24, 2.45) is 0 Å². The zero-order valence-corrected chi connectivity index (χ0v) is 35.6. The average molecular weight is 903 g/mol. The number of ketones is 1. The quantitative estimate of drug-likeness (QED) is 0.0334. The number of carbonyl (C=O) groups excluding carboxylic acids is 5. The largest absolute Gasteiger partial charge is 0.387 e. The Kier molecular flexibility index (Phi) is 16.4. The topological polar surface area (TPSA) is 297 Å². The van der Waals surface area contributed by atoms with Crippen LogP contribution in [0, 0.1) is 12.3 Å². The number of aromatic nitrogens is 4. The fourth-order valence-corrected chi connectivity index (χ4v) is 7.73. The molecule has 2 aliphatic rings. The molecule has 0 spiro atoms. The summed E-state index contributed by atoms with van der Waals surface area (Å²) in [5, 5.41) is 22.4. The van der Waals surface area contributed by atoms with E-state index >= 15 is 0 Å². The number of hydrogen-bond donors (Lipinski definition) is 7. The first kappa shape index (κ1) is 47.1. The van der Waals surface area contributed by atoms with E-state index in [1.54, 1.807) is 48.5 Å². The van der Waals surface area contributed by atoms with E-state index in [0.29, 0.717) is 67.6 Å². The normalized spacial score (nSPS) is 19.5. The number of nitrogens with one attached hydrogen (secondary N) is 5. The minimum atomic E-state index is -4.54. The molecule has 2 aromatic heterocycles. The number of amides is 4. The molecule has 0 radical (unpaired) electrons. The number of benzene rings is 2. The lowest BCUT2D eigenvalue weighted by Gasteiger charge is -2.22. The molecule has 64 heavy (non-hydrogen) atoms. The molecule has 8 N–H and O–H groups in total. The number of nitrogens with two attached hydrogens (primary N) is 1. The summed E-state index contributed by atoms with van der Waals surface area (Å²) in [4.78, 5) is 74.9. The summed E-state index contributed by atoms with van der Waals surface area (Å²) in [7, 11) is -4.54. The van der Waals surface area contributed by atoms with Gasteiger partial charge >= 0.3 is 10.3 Å². The number of hydrogen-bond acceptors (Lipinski definition) is 16. The van der Waals surface area contributed by atoms with Crippen LogP contribution in [0.1, 0.15) is 79.9 Å². The highest BCUT2D eigenvalue weighted by Crippen LogP contribution is 2.34. The fourth-order valence-electron chi connectivity index (χ4n) is 6.97. The van der Waals surface area contributed by atoms with E-state index in [1.807, 2.05) is 4.72 Å². The van der Waals surface area contributed by atoms with Crippen LogP contribution in [0.15, 0.2) is 61.2 Å². The molecular formula is C42H50N10O11S. The lowest BCUT2D eigenvalue weighted by molar-refractivity contribution is -0.124. The molecule has 0 saturated carbocycles. The highest BCUT2D eigenvalue weighted by Gasteiger charge is 2.47. The number of unbranched alkanes of at least 4 members (excludes halogenated alkanes) is 2. The van der Waals surface area contributed by atoms with Crippen molar-refractivity contribution in [3.05, 3.63) is 72.3 Å². The SMILES string of the molecule is C#CCCCC(=O)Nc1ccc(C(=O)c2ccc(NC(=O)CCC(=O)NCCCCO[C@@H]3[C@H](O)[C@@H](COS(=O)(=O)NC(=O)[C@@H]4CCCN4)O[C@H]3n3cnc4c(N)ncnc43)cc2)cc1. The summed E-state index contributed by atoms with van der Waals surface area (Å²) in [5.41, 5.74) is 8.35. The number of nitrogens with zero attached hydrogens (tertiary/aromatic N) is 4. The zero-order valence-electron chi connectivity index (χ0n) is 34.7. The standard InChI is InChI=1S/C42H50N10O11S/c1-2-3-4-9-33(54)49-28-14-10-26(11-15-28)36(56)27-12-16-29(17-13-27)50-34(55)19-18-32(53)45-20-5-6-22-61-38-37(57)31(23-62-64(59,60)51-41(58)30-8-7-21-44-30)63-42(38)52-25-48-35-39(43)46-24-47-40(35)52/h1,10-17,24-25,30-31,37-38,42,44,57H,3-9,18-23H2,(H,45,53)(H,49,54)(H,50,55)(H,51,58)(H2,43,46,47)/t30-,31+,37+,38+,42+/m0/s1. The number of aliphatic hydroxyl groups is 1. The fraction of sp³-hybridized carbons (Fsp3) is 0.429. The molecule has 2 aromatic carbocycles. The molecule has 22 heteroatoms. The van der Waals surface area contributed by atoms with Crippen molar-refractivity contribution in [3.63, 3.8) is 0 Å². The molecule has 21 nitrogen and oxygen atoms in total. The number of ether oxygens (including phenoxy) is 2. The maximum atomic E-state index is 13.0. The summed E-state index contributed by atoms with van der Waals surface area (Å²) < 4.78 is 45.7. The summed E-state index contributed by atoms with van der Waals surface area (Å²) in [6.07, 6.45) is 6.50. The Bertz CT molecular complexity index is 2440. The predicted molar refractivity (Wildman–Crippen MR) is 231 cm³/mol. The van der Waals surface area contributed by atoms with Crippen molar-refractivity contribution in [1.82, 2.24) is 34.9 Å². The minimum absolute atomic E-state index is 0.0686. The van der Waals surface area contributed by atoms with Crippen molar-refractivity contribution in [2.45, 2.75) is 88.4 Å². The van der Waals surface area contributed by atoms with Gasteiger partial charge in [-0.15, -0.1) is 12.3 Å². The third kappa shape index (κ3) is 12.9. The van der Waals surface area contributed by atoms with Crippen LogP contribution >= 0.6 is 0 Å². The van der Waals surface area contributed by atoms with E-state index < -0.39 is 59.3 Å². The smallest absolute Gasteiger partial charge is 0.362 e. The highest BCUT2D eigenvalue weighted by atomic mass is 32.2. The van der Waals surface area contributed by atoms with E-state index in [0.717, 1.165) is 6.42 Å². The Labute approximate surface area is 368 Å². The van der Waals surface area contributed by atoms with Crippen molar-refractivity contribution in [3.8, 4) is 12.3 Å². The summed E-state index contributed by atoms with van der Waals surface area (Å²) in [5.74, 6) is 0.726. The van der Waals surface area contributed by atoms with Crippen molar-refractivity contribution in [1.29, 1.82) is 0 Å². The number of nitrogen functional groups attached to an aromatic ring is 1. The first-order valence-electron chi connectivity index (χ1n) is 20.7. The molecular weight excluding hydrogens is 853 g/mol. The van der Waals surface area contributed by atoms with Crippen molar-refractivity contribution in [2.75, 3.05) is 42.7 Å². The van der Waals surface area contributed by atoms with Gasteiger partial charge in [-0.3, -0.25) is 32.7 Å². The van der Waals surface area contributed by atoms with Gasteiger partial charge in [-0.2, -0.15) is 8.42 Å². The zero-order chi connectivity index (χ0) is 45.6. The molecule has 0 aliphatic carbocycles. The molecule has 2 fully saturated rings. The van der Waals surface area contributed by atoms with Crippen LogP contribution in [0.5, 0.6) is 0 Å². The average Bonchev–Trinajstić information content (AvgIpc) is 4.04. The van der Waals surface area contributed by atoms with E-state index in [-0.39, 0.29) is 60.6 Å². The maximum absolute atomic E-state index is 13.0. The first-order chi connectivity index (χ1) is 30.8. The van der Waals surface area contributed by atoms with Crippen molar-refractivity contribution >= 4 is 68.1 Å². The molecule has 4 aromatic rings. The minimum Gasteiger partial charge on any atom is -0.387 e. The number of aliphatic hydroxyl groups excluding tert-OH is 1. The summed E-state index contributed by atoms with van der Waals surface area (Å²) in [6.45, 7) is 0.319. The van der Waals surface area contributed by atoms with Crippen LogP contribution in [0.2, 0.25) is 0 Å². The molecule has 0 bridgehead atoms. The molecule has 4 heterocycles. The van der Waals surface area contributed by atoms with Gasteiger partial charge in [0.1, 0.15) is 30.2 Å². The van der Waals surface area contributed by atoms with Crippen LogP contribution in [-0.2, 0) is 43.1 Å². The molecule has 5 atom stereocenters. The molecule has 4 amide bonds. The molecule has 2 aliphatic heterocycles. The van der Waals surface area contributed by atoms with Crippen LogP contribution in [-0.4, -0.2) is 113 Å². The second-order valence-electron chi connectivity index (χ2n) is 15.0. The molecule has 6 rings (SSSR count). The number of terminal acetylenes is 1. The maximum Gasteiger partial charge on any atom is 0.362 e. The third-order valence-electron chi connectivity index (χ3n) is 10.3. The molecule has 0 unspecified atom stereocenters. The molecule has 340 valence electrons. The van der Waals surface area contributed by atoms with Gasteiger partial charge in [-0.25, -0.2) is 19.7 Å². The third-order valence-corrected chi connectivity index (χ3v) is 11.2. The van der Waals surface area contributed by atoms with Crippen LogP contribution in [0.4, 0.5) is 17.2 Å². The lowest BCUT2D eigenvalue weighted by Crippen LogP contribution is -2.44. The van der Waals surface area contributed by atoms with Gasteiger partial charge in [0.05, 0.1) is 19.0 Å². The summed E-state index contributed by atoms with van der Waals surface area (Å²) >= 11 is 0. The molecule has 2 saturated heterocycles. The second kappa shape index (κ2) is 22.3. The number of carbonyl (C=O) groups is 5. The monoisotopic (exact) mass is 902 g/mol. The van der Waals surface area contributed by atoms with Gasteiger partial charge in [-0.05, 0) is 87.2 Å². The summed E-state index contributed by atoms with van der Waals surface area (Å²) in [6, 6.07) is 12.2. The van der Waals surface area contributed by atoms with Gasteiger partial charge in [0, 0.05) is 61.3 Å². The van der Waals surface area contributed by atoms with Gasteiger partial charge in [-0.1, -0.05) is 0 Å². The van der Waals surface area contributed by atoms with Crippen LogP contribution < -0.4 is 31.7 Å². The van der Waals surface area contributed by atoms with E-state index in [1.165, 1.54) is 17.2 Å². The van der Waals surface area contributed by atoms with Crippen LogP contribution in [0.25, 0.3) is 11.2 Å². The predicted octanol–water partition coefficient (Wildman–Crippen LogP) is 1.47. The number of imidazole rings is 1. The van der Waals surface area contributed by atoms with Crippen molar-refractivity contribution < 1.29 is 51.2 Å². The van der Waals surface area contributed by atoms with Gasteiger partial charge in [0.25, 0.3) is 5.91 Å². The highest BCUT2D eigenvalue weighted by molar-refractivity contribution is 7.85. The van der Waals surface area contributed by atoms with Gasteiger partial charge in [0.2, 0.25) is 17.7 Å². The Balaban J connectivity index is 0.911. The number of fused-ring (bicyclic) bond motifs is 1. The Hall–Kier alpha value is -6.35. The second-order valence-corrected chi connectivity index (χ2v) is 16.4. The van der Waals surface area contributed by atoms with E-state index in [9.17, 15) is 37.5 Å². The number of anilines is 3. The lowest BCUT2D eigenvalue weighted by atomic mass is 10.0. The first-order valence-corrected chi connectivity index (χ1v) is 22.1. The Morgan fingerprint density at radius 3 is 2.25 bits per heavy atom. The Morgan fingerprint density at radius 1 is 0.922 bits per heavy atom.